The fraction of sp³-hybridized carbons (Fsp3) is 0.125. The van der Waals surface area contributed by atoms with E-state index in [0.717, 1.165) is 0 Å². The number of amidine groups is 1. The zero-order chi connectivity index (χ0) is 9.14. The number of rotatable bonds is 2. The third-order valence-corrected chi connectivity index (χ3v) is 1.54. The Labute approximate surface area is 94.9 Å². The first kappa shape index (κ1) is 15.3. The van der Waals surface area contributed by atoms with Crippen LogP contribution in [0, 0.1) is 5.41 Å². The molecule has 6 heteroatoms. The molecule has 0 spiro atoms. The minimum Gasteiger partial charge on any atom is -0.494 e. The van der Waals surface area contributed by atoms with Gasteiger partial charge in [0.25, 0.3) is 0 Å². The van der Waals surface area contributed by atoms with Gasteiger partial charge in [-0.15, -0.1) is 24.8 Å². The van der Waals surface area contributed by atoms with E-state index in [1.165, 1.54) is 7.11 Å². The molecule has 0 unspecified atom stereocenters. The van der Waals surface area contributed by atoms with Crippen molar-refractivity contribution in [2.24, 2.45) is 5.73 Å². The van der Waals surface area contributed by atoms with E-state index in [1.54, 1.807) is 18.2 Å². The topological polar surface area (TPSA) is 85.1 Å². The Morgan fingerprint density at radius 2 is 1.93 bits per heavy atom. The number of halogens is 2. The number of hydrogen-bond donors (Lipinski definition) is 3. The van der Waals surface area contributed by atoms with Crippen LogP contribution in [-0.4, -0.2) is 12.9 Å². The Morgan fingerprint density at radius 1 is 1.36 bits per heavy atom. The summed E-state index contributed by atoms with van der Waals surface area (Å²) in [6.07, 6.45) is 0. The van der Waals surface area contributed by atoms with Crippen LogP contribution >= 0.6 is 24.8 Å². The lowest BCUT2D eigenvalue weighted by Gasteiger charge is -2.08. The van der Waals surface area contributed by atoms with Gasteiger partial charge < -0.3 is 16.2 Å². The third kappa shape index (κ3) is 2.97. The second-order valence-electron chi connectivity index (χ2n) is 2.34. The van der Waals surface area contributed by atoms with Crippen molar-refractivity contribution in [3.8, 4) is 5.75 Å². The first-order chi connectivity index (χ1) is 5.66. The highest BCUT2D eigenvalue weighted by Gasteiger charge is 2.07. The Hall–Kier alpha value is -1.13. The second-order valence-corrected chi connectivity index (χ2v) is 2.34. The molecule has 0 amide bonds. The molecule has 0 radical (unpaired) electrons. The van der Waals surface area contributed by atoms with Crippen molar-refractivity contribution in [2.45, 2.75) is 0 Å². The quantitative estimate of drug-likeness (QED) is 0.413. The molecule has 0 atom stereocenters. The number of nitrogens with two attached hydrogens (primary N) is 2. The summed E-state index contributed by atoms with van der Waals surface area (Å²) in [4.78, 5) is 0. The molecule has 0 aliphatic heterocycles. The lowest BCUT2D eigenvalue weighted by Crippen LogP contribution is -2.13. The molecule has 0 heterocycles. The van der Waals surface area contributed by atoms with E-state index in [1.807, 2.05) is 0 Å². The van der Waals surface area contributed by atoms with Crippen LogP contribution in [-0.2, 0) is 0 Å². The van der Waals surface area contributed by atoms with Crippen molar-refractivity contribution in [3.63, 3.8) is 0 Å². The summed E-state index contributed by atoms with van der Waals surface area (Å²) in [5, 5.41) is 7.22. The molecule has 0 bridgehead atoms. The van der Waals surface area contributed by atoms with Gasteiger partial charge in [0.05, 0.1) is 18.4 Å². The average molecular weight is 238 g/mol. The number of ether oxygens (including phenoxy) is 1. The number of anilines is 1. The van der Waals surface area contributed by atoms with Crippen molar-refractivity contribution in [1.29, 1.82) is 5.41 Å². The molecular weight excluding hydrogens is 225 g/mol. The zero-order valence-electron chi connectivity index (χ0n) is 7.61. The minimum absolute atomic E-state index is 0. The van der Waals surface area contributed by atoms with E-state index in [0.29, 0.717) is 17.0 Å². The maximum absolute atomic E-state index is 7.22. The highest BCUT2D eigenvalue weighted by molar-refractivity contribution is 5.99. The summed E-state index contributed by atoms with van der Waals surface area (Å²) in [7, 11) is 1.50. The van der Waals surface area contributed by atoms with Gasteiger partial charge in [-0.2, -0.15) is 0 Å². The summed E-state index contributed by atoms with van der Waals surface area (Å²) in [6, 6.07) is 5.12. The summed E-state index contributed by atoms with van der Waals surface area (Å²) >= 11 is 0. The third-order valence-electron chi connectivity index (χ3n) is 1.54. The van der Waals surface area contributed by atoms with E-state index >= 15 is 0 Å². The monoisotopic (exact) mass is 237 g/mol. The Bertz CT molecular complexity index is 317. The molecule has 1 rings (SSSR count). The lowest BCUT2D eigenvalue weighted by molar-refractivity contribution is 0.416. The maximum atomic E-state index is 7.22. The molecule has 0 fully saturated rings. The predicted octanol–water partition coefficient (Wildman–Crippen LogP) is 1.41. The Kier molecular flexibility index (Phi) is 6.95. The zero-order valence-corrected chi connectivity index (χ0v) is 9.24. The summed E-state index contributed by atoms with van der Waals surface area (Å²) in [6.45, 7) is 0. The van der Waals surface area contributed by atoms with Crippen molar-refractivity contribution >= 4 is 36.3 Å². The largest absolute Gasteiger partial charge is 0.494 e. The normalized spacial score (nSPS) is 8.07. The van der Waals surface area contributed by atoms with Gasteiger partial charge in [-0.3, -0.25) is 5.41 Å². The standard InChI is InChI=1S/C8H11N3O.2ClH/c1-12-7-5(8(10)11)3-2-4-6(7)9;;/h2-4H,9H2,1H3,(H3,10,11);2*1H. The molecule has 1 aromatic carbocycles. The average Bonchev–Trinajstić information content (AvgIpc) is 2.03. The molecule has 1 aromatic rings. The van der Waals surface area contributed by atoms with Gasteiger partial charge in [-0.05, 0) is 12.1 Å². The van der Waals surface area contributed by atoms with Crippen LogP contribution in [0.3, 0.4) is 0 Å². The summed E-state index contributed by atoms with van der Waals surface area (Å²) < 4.78 is 4.99. The summed E-state index contributed by atoms with van der Waals surface area (Å²) in [5.41, 5.74) is 11.9. The van der Waals surface area contributed by atoms with E-state index in [2.05, 4.69) is 0 Å². The summed E-state index contributed by atoms with van der Waals surface area (Å²) in [5.74, 6) is 0.421. The fourth-order valence-corrected chi connectivity index (χ4v) is 0.995. The van der Waals surface area contributed by atoms with Gasteiger partial charge in [-0.25, -0.2) is 0 Å². The lowest BCUT2D eigenvalue weighted by atomic mass is 10.1. The molecule has 14 heavy (non-hydrogen) atoms. The number of benzene rings is 1. The Morgan fingerprint density at radius 3 is 2.29 bits per heavy atom. The SMILES string of the molecule is COc1c(N)cccc1C(=N)N.Cl.Cl. The van der Waals surface area contributed by atoms with E-state index in [9.17, 15) is 0 Å². The van der Waals surface area contributed by atoms with E-state index in [4.69, 9.17) is 21.6 Å². The van der Waals surface area contributed by atoms with Gasteiger partial charge in [0.1, 0.15) is 5.84 Å². The van der Waals surface area contributed by atoms with Gasteiger partial charge in [0, 0.05) is 0 Å². The van der Waals surface area contributed by atoms with Crippen LogP contribution in [0.1, 0.15) is 5.56 Å². The van der Waals surface area contributed by atoms with Gasteiger partial charge >= 0.3 is 0 Å². The molecule has 4 nitrogen and oxygen atoms in total. The number of methoxy groups -OCH3 is 1. The van der Waals surface area contributed by atoms with Crippen molar-refractivity contribution in [3.05, 3.63) is 23.8 Å². The van der Waals surface area contributed by atoms with Crippen molar-refractivity contribution in [2.75, 3.05) is 12.8 Å². The smallest absolute Gasteiger partial charge is 0.152 e. The van der Waals surface area contributed by atoms with Crippen molar-refractivity contribution in [1.82, 2.24) is 0 Å². The first-order valence-corrected chi connectivity index (χ1v) is 3.43. The number of hydrogen-bond acceptors (Lipinski definition) is 3. The van der Waals surface area contributed by atoms with Gasteiger partial charge in [-0.1, -0.05) is 6.07 Å². The first-order valence-electron chi connectivity index (χ1n) is 3.43. The van der Waals surface area contributed by atoms with Crippen LogP contribution in [0.2, 0.25) is 0 Å². The molecule has 0 aliphatic carbocycles. The van der Waals surface area contributed by atoms with E-state index < -0.39 is 0 Å². The van der Waals surface area contributed by atoms with Crippen LogP contribution < -0.4 is 16.2 Å². The highest BCUT2D eigenvalue weighted by atomic mass is 35.5. The second kappa shape index (κ2) is 6.34. The predicted molar refractivity (Wildman–Crippen MR) is 62.9 cm³/mol. The molecule has 0 saturated heterocycles. The molecule has 80 valence electrons. The molecule has 0 saturated carbocycles. The molecule has 5 N–H and O–H groups in total. The molecular formula is C8H13Cl2N3O. The molecule has 0 aromatic heterocycles. The van der Waals surface area contributed by atoms with E-state index in [-0.39, 0.29) is 30.6 Å². The van der Waals surface area contributed by atoms with Crippen LogP contribution in [0.25, 0.3) is 0 Å². The Balaban J connectivity index is 0. The fourth-order valence-electron chi connectivity index (χ4n) is 0.995. The van der Waals surface area contributed by atoms with Gasteiger partial charge in [0.15, 0.2) is 5.75 Å². The van der Waals surface area contributed by atoms with Gasteiger partial charge in [0.2, 0.25) is 0 Å². The maximum Gasteiger partial charge on any atom is 0.152 e. The number of para-hydroxylation sites is 1. The number of nitrogen functional groups attached to an aromatic ring is 2. The van der Waals surface area contributed by atoms with Crippen LogP contribution in [0.5, 0.6) is 5.75 Å². The van der Waals surface area contributed by atoms with Crippen LogP contribution in [0.4, 0.5) is 5.69 Å². The molecule has 0 aliphatic rings. The van der Waals surface area contributed by atoms with Crippen LogP contribution in [0.15, 0.2) is 18.2 Å². The highest BCUT2D eigenvalue weighted by Crippen LogP contribution is 2.24. The minimum atomic E-state index is -0.0425. The van der Waals surface area contributed by atoms with Crippen molar-refractivity contribution < 1.29 is 4.74 Å². The number of nitrogens with one attached hydrogen (secondary N) is 1.